The molecule has 0 atom stereocenters. The van der Waals surface area contributed by atoms with Gasteiger partial charge in [0.1, 0.15) is 5.75 Å². The van der Waals surface area contributed by atoms with E-state index in [0.717, 1.165) is 28.0 Å². The van der Waals surface area contributed by atoms with Gasteiger partial charge in [-0.05, 0) is 41.3 Å². The van der Waals surface area contributed by atoms with E-state index in [1.165, 1.54) is 24.8 Å². The monoisotopic (exact) mass is 264 g/mol. The minimum absolute atomic E-state index is 0.412. The molecule has 3 aromatic carbocycles. The third kappa shape index (κ3) is 2.36. The summed E-state index contributed by atoms with van der Waals surface area (Å²) in [6, 6.07) is 16.6. The minimum atomic E-state index is 0.412. The molecule has 0 saturated carbocycles. The molecule has 20 heavy (non-hydrogen) atoms. The summed E-state index contributed by atoms with van der Waals surface area (Å²) in [5.74, 6) is 0.412. The molecule has 0 unspecified atom stereocenters. The Balaban J connectivity index is 2.08. The van der Waals surface area contributed by atoms with E-state index in [1.54, 1.807) is 0 Å². The highest BCUT2D eigenvalue weighted by atomic mass is 16.3. The van der Waals surface area contributed by atoms with Crippen molar-refractivity contribution in [1.82, 2.24) is 0 Å². The number of phenolic OH excluding ortho intramolecular Hbond substituents is 1. The Morgan fingerprint density at radius 3 is 2.50 bits per heavy atom. The molecule has 0 amide bonds. The maximum atomic E-state index is 10.5. The van der Waals surface area contributed by atoms with Gasteiger partial charge >= 0.3 is 0 Å². The molecule has 0 fully saturated rings. The van der Waals surface area contributed by atoms with Crippen LogP contribution in [-0.2, 0) is 6.42 Å². The fraction of sp³-hybridized carbons (Fsp3) is 0.263. The van der Waals surface area contributed by atoms with Crippen LogP contribution in [0.5, 0.6) is 5.75 Å². The van der Waals surface area contributed by atoms with Crippen LogP contribution in [0.1, 0.15) is 31.7 Å². The minimum Gasteiger partial charge on any atom is -0.507 e. The number of rotatable bonds is 4. The summed E-state index contributed by atoms with van der Waals surface area (Å²) < 4.78 is 0. The van der Waals surface area contributed by atoms with Crippen LogP contribution in [0, 0.1) is 0 Å². The molecular formula is C19H20O. The van der Waals surface area contributed by atoms with Crippen LogP contribution >= 0.6 is 0 Å². The summed E-state index contributed by atoms with van der Waals surface area (Å²) >= 11 is 0. The maximum absolute atomic E-state index is 10.5. The van der Waals surface area contributed by atoms with Crippen molar-refractivity contribution in [3.8, 4) is 5.75 Å². The summed E-state index contributed by atoms with van der Waals surface area (Å²) in [6.07, 6.45) is 4.82. The standard InChI is InChI=1S/C19H20O/c1-2-3-4-7-14-10-11-16-13-15-8-5-6-9-17(15)19(20)18(16)12-14/h5-6,8-13,20H,2-4,7H2,1H3. The van der Waals surface area contributed by atoms with Gasteiger partial charge in [-0.15, -0.1) is 0 Å². The first-order valence-corrected chi connectivity index (χ1v) is 7.43. The lowest BCUT2D eigenvalue weighted by molar-refractivity contribution is 0.487. The molecule has 1 nitrogen and oxygen atoms in total. The van der Waals surface area contributed by atoms with Crippen LogP contribution < -0.4 is 0 Å². The van der Waals surface area contributed by atoms with Crippen LogP contribution in [-0.4, -0.2) is 5.11 Å². The number of benzene rings is 3. The molecule has 0 heterocycles. The predicted octanol–water partition coefficient (Wildman–Crippen LogP) is 5.43. The second-order valence-corrected chi connectivity index (χ2v) is 5.46. The molecule has 3 aromatic rings. The van der Waals surface area contributed by atoms with E-state index in [4.69, 9.17) is 0 Å². The zero-order chi connectivity index (χ0) is 13.9. The van der Waals surface area contributed by atoms with Crippen molar-refractivity contribution in [2.24, 2.45) is 0 Å². The maximum Gasteiger partial charge on any atom is 0.131 e. The Morgan fingerprint density at radius 1 is 0.850 bits per heavy atom. The highest BCUT2D eigenvalue weighted by Crippen LogP contribution is 2.34. The molecule has 0 spiro atoms. The van der Waals surface area contributed by atoms with Gasteiger partial charge in [0.25, 0.3) is 0 Å². The highest BCUT2D eigenvalue weighted by Gasteiger charge is 2.06. The lowest BCUT2D eigenvalue weighted by atomic mass is 9.98. The first kappa shape index (κ1) is 13.0. The zero-order valence-electron chi connectivity index (χ0n) is 11.9. The van der Waals surface area contributed by atoms with E-state index < -0.39 is 0 Å². The Morgan fingerprint density at radius 2 is 1.65 bits per heavy atom. The number of phenols is 1. The Labute approximate surface area is 119 Å². The molecule has 0 bridgehead atoms. The van der Waals surface area contributed by atoms with E-state index in [1.807, 2.05) is 24.3 Å². The first-order chi connectivity index (χ1) is 9.79. The second kappa shape index (κ2) is 5.54. The van der Waals surface area contributed by atoms with Gasteiger partial charge in [0, 0.05) is 10.8 Å². The molecule has 0 aromatic heterocycles. The molecule has 0 aliphatic carbocycles. The van der Waals surface area contributed by atoms with Gasteiger partial charge in [-0.2, -0.15) is 0 Å². The highest BCUT2D eigenvalue weighted by molar-refractivity contribution is 6.05. The number of aromatic hydroxyl groups is 1. The molecule has 0 aliphatic rings. The van der Waals surface area contributed by atoms with Crippen LogP contribution in [0.2, 0.25) is 0 Å². The molecule has 102 valence electrons. The molecule has 0 radical (unpaired) electrons. The van der Waals surface area contributed by atoms with Crippen LogP contribution in [0.3, 0.4) is 0 Å². The average Bonchev–Trinajstić information content (AvgIpc) is 2.48. The van der Waals surface area contributed by atoms with Crippen LogP contribution in [0.25, 0.3) is 21.5 Å². The fourth-order valence-electron chi connectivity index (χ4n) is 2.82. The van der Waals surface area contributed by atoms with Crippen molar-refractivity contribution in [3.05, 3.63) is 54.1 Å². The molecule has 3 rings (SSSR count). The molecular weight excluding hydrogens is 244 g/mol. The lowest BCUT2D eigenvalue weighted by Gasteiger charge is -2.08. The molecule has 1 heteroatoms. The summed E-state index contributed by atoms with van der Waals surface area (Å²) in [5, 5.41) is 14.6. The van der Waals surface area contributed by atoms with Crippen LogP contribution in [0.4, 0.5) is 0 Å². The summed E-state index contributed by atoms with van der Waals surface area (Å²) in [5.41, 5.74) is 1.32. The van der Waals surface area contributed by atoms with Crippen molar-refractivity contribution in [3.63, 3.8) is 0 Å². The molecule has 0 aliphatic heterocycles. The number of hydrogen-bond acceptors (Lipinski definition) is 1. The zero-order valence-corrected chi connectivity index (χ0v) is 11.9. The fourth-order valence-corrected chi connectivity index (χ4v) is 2.82. The lowest BCUT2D eigenvalue weighted by Crippen LogP contribution is -1.86. The number of aryl methyl sites for hydroxylation is 1. The summed E-state index contributed by atoms with van der Waals surface area (Å²) in [4.78, 5) is 0. The van der Waals surface area contributed by atoms with Crippen molar-refractivity contribution < 1.29 is 5.11 Å². The Kier molecular flexibility index (Phi) is 3.60. The van der Waals surface area contributed by atoms with E-state index in [-0.39, 0.29) is 0 Å². The molecule has 0 saturated heterocycles. The van der Waals surface area contributed by atoms with Crippen molar-refractivity contribution in [2.75, 3.05) is 0 Å². The smallest absolute Gasteiger partial charge is 0.131 e. The van der Waals surface area contributed by atoms with E-state index >= 15 is 0 Å². The molecule has 1 N–H and O–H groups in total. The van der Waals surface area contributed by atoms with Gasteiger partial charge in [-0.1, -0.05) is 56.2 Å². The van der Waals surface area contributed by atoms with Gasteiger partial charge in [-0.25, -0.2) is 0 Å². The Hall–Kier alpha value is -2.02. The number of hydrogen-bond donors (Lipinski definition) is 1. The SMILES string of the molecule is CCCCCc1ccc2cc3ccccc3c(O)c2c1. The summed E-state index contributed by atoms with van der Waals surface area (Å²) in [6.45, 7) is 2.22. The third-order valence-corrected chi connectivity index (χ3v) is 3.97. The van der Waals surface area contributed by atoms with Gasteiger partial charge in [-0.3, -0.25) is 0 Å². The first-order valence-electron chi connectivity index (χ1n) is 7.43. The van der Waals surface area contributed by atoms with E-state index in [9.17, 15) is 5.11 Å². The topological polar surface area (TPSA) is 20.2 Å². The predicted molar refractivity (Wildman–Crippen MR) is 86.3 cm³/mol. The summed E-state index contributed by atoms with van der Waals surface area (Å²) in [7, 11) is 0. The Bertz CT molecular complexity index is 743. The van der Waals surface area contributed by atoms with Gasteiger partial charge < -0.3 is 5.11 Å². The largest absolute Gasteiger partial charge is 0.507 e. The van der Waals surface area contributed by atoms with Gasteiger partial charge in [0.15, 0.2) is 0 Å². The third-order valence-electron chi connectivity index (χ3n) is 3.97. The van der Waals surface area contributed by atoms with E-state index in [2.05, 4.69) is 31.2 Å². The van der Waals surface area contributed by atoms with Gasteiger partial charge in [0.05, 0.1) is 0 Å². The number of unbranched alkanes of at least 4 members (excludes halogenated alkanes) is 2. The average molecular weight is 264 g/mol. The second-order valence-electron chi connectivity index (χ2n) is 5.46. The van der Waals surface area contributed by atoms with Gasteiger partial charge in [0.2, 0.25) is 0 Å². The van der Waals surface area contributed by atoms with E-state index in [0.29, 0.717) is 5.75 Å². The quantitative estimate of drug-likeness (QED) is 0.492. The normalized spacial score (nSPS) is 11.2. The van der Waals surface area contributed by atoms with Crippen molar-refractivity contribution >= 4 is 21.5 Å². The van der Waals surface area contributed by atoms with Crippen molar-refractivity contribution in [1.29, 1.82) is 0 Å². The van der Waals surface area contributed by atoms with Crippen molar-refractivity contribution in [2.45, 2.75) is 32.6 Å². The van der Waals surface area contributed by atoms with Crippen LogP contribution in [0.15, 0.2) is 48.5 Å². The number of fused-ring (bicyclic) bond motifs is 2.